The highest BCUT2D eigenvalue weighted by Gasteiger charge is 2.43. The van der Waals surface area contributed by atoms with E-state index in [1.165, 1.54) is 0 Å². The van der Waals surface area contributed by atoms with Crippen LogP contribution in [0.3, 0.4) is 0 Å². The molecule has 118 valence electrons. The molecule has 0 radical (unpaired) electrons. The molecule has 6 heteroatoms. The summed E-state index contributed by atoms with van der Waals surface area (Å²) in [5, 5.41) is 9.77. The first kappa shape index (κ1) is 17.3. The van der Waals surface area contributed by atoms with Crippen LogP contribution in [0.2, 0.25) is 0 Å². The van der Waals surface area contributed by atoms with E-state index in [0.717, 1.165) is 0 Å². The average molecular weight is 295 g/mol. The molecule has 0 aromatic heterocycles. The van der Waals surface area contributed by atoms with Crippen molar-refractivity contribution in [2.45, 2.75) is 58.2 Å². The van der Waals surface area contributed by atoms with Crippen molar-refractivity contribution in [3.8, 4) is 0 Å². The molecule has 1 fully saturated rings. The zero-order valence-electron chi connectivity index (χ0n) is 12.3. The predicted octanol–water partition coefficient (Wildman–Crippen LogP) is 2.97. The first-order valence-electron chi connectivity index (χ1n) is 7.12. The molecule has 1 N–H and O–H groups in total. The number of amides is 1. The number of hydrogen-bond acceptors (Lipinski definition) is 2. The van der Waals surface area contributed by atoms with Crippen LogP contribution in [0, 0.1) is 11.8 Å². The fourth-order valence-electron chi connectivity index (χ4n) is 2.74. The van der Waals surface area contributed by atoms with Crippen LogP contribution in [0.5, 0.6) is 0 Å². The van der Waals surface area contributed by atoms with Gasteiger partial charge in [-0.25, -0.2) is 0 Å². The minimum atomic E-state index is -4.15. The molecule has 0 spiro atoms. The first-order chi connectivity index (χ1) is 9.04. The standard InChI is InChI=1S/C14H24F3NO2/c1-4-18(9-13(2,3)20)12(19)10-5-7-11(8-6-10)14(15,16)17/h10-11,20H,4-9H2,1-3H3. The molecule has 20 heavy (non-hydrogen) atoms. The quantitative estimate of drug-likeness (QED) is 0.866. The van der Waals surface area contributed by atoms with E-state index >= 15 is 0 Å². The highest BCUT2D eigenvalue weighted by Crippen LogP contribution is 2.40. The molecule has 1 amide bonds. The lowest BCUT2D eigenvalue weighted by Gasteiger charge is -2.34. The maximum absolute atomic E-state index is 12.6. The van der Waals surface area contributed by atoms with Gasteiger partial charge >= 0.3 is 6.18 Å². The summed E-state index contributed by atoms with van der Waals surface area (Å²) in [5.74, 6) is -1.73. The van der Waals surface area contributed by atoms with Gasteiger partial charge < -0.3 is 10.0 Å². The zero-order valence-corrected chi connectivity index (χ0v) is 12.3. The van der Waals surface area contributed by atoms with Gasteiger partial charge in [-0.3, -0.25) is 4.79 Å². The van der Waals surface area contributed by atoms with Gasteiger partial charge in [0.15, 0.2) is 0 Å². The molecule has 0 heterocycles. The molecule has 0 atom stereocenters. The molecule has 0 bridgehead atoms. The summed E-state index contributed by atoms with van der Waals surface area (Å²) in [6.07, 6.45) is -3.53. The van der Waals surface area contributed by atoms with Crippen LogP contribution in [0.15, 0.2) is 0 Å². The lowest BCUT2D eigenvalue weighted by molar-refractivity contribution is -0.185. The third kappa shape index (κ3) is 4.96. The fourth-order valence-corrected chi connectivity index (χ4v) is 2.74. The van der Waals surface area contributed by atoms with Crippen molar-refractivity contribution in [1.29, 1.82) is 0 Å². The maximum atomic E-state index is 12.6. The van der Waals surface area contributed by atoms with Crippen molar-refractivity contribution in [2.75, 3.05) is 13.1 Å². The molecule has 3 nitrogen and oxygen atoms in total. The maximum Gasteiger partial charge on any atom is 0.391 e. The van der Waals surface area contributed by atoms with Crippen LogP contribution in [0.25, 0.3) is 0 Å². The Hall–Kier alpha value is -0.780. The Labute approximate surface area is 118 Å². The first-order valence-corrected chi connectivity index (χ1v) is 7.12. The number of carbonyl (C=O) groups is 1. The van der Waals surface area contributed by atoms with E-state index in [0.29, 0.717) is 6.54 Å². The summed E-state index contributed by atoms with van der Waals surface area (Å²) < 4.78 is 37.8. The van der Waals surface area contributed by atoms with Crippen molar-refractivity contribution in [3.05, 3.63) is 0 Å². The molecule has 0 saturated heterocycles. The average Bonchev–Trinajstić information content (AvgIpc) is 2.33. The normalized spacial score (nSPS) is 24.6. The third-order valence-corrected chi connectivity index (χ3v) is 3.81. The van der Waals surface area contributed by atoms with Crippen LogP contribution in [0.4, 0.5) is 13.2 Å². The number of alkyl halides is 3. The highest BCUT2D eigenvalue weighted by atomic mass is 19.4. The number of likely N-dealkylation sites (N-methyl/N-ethyl adjacent to an activating group) is 1. The Kier molecular flexibility index (Phi) is 5.46. The SMILES string of the molecule is CCN(CC(C)(C)O)C(=O)C1CCC(C(F)(F)F)CC1. The smallest absolute Gasteiger partial charge is 0.389 e. The summed E-state index contributed by atoms with van der Waals surface area (Å²) in [4.78, 5) is 13.8. The Morgan fingerprint density at radius 3 is 2.05 bits per heavy atom. The van der Waals surface area contributed by atoms with Gasteiger partial charge in [-0.15, -0.1) is 0 Å². The molecular weight excluding hydrogens is 271 g/mol. The third-order valence-electron chi connectivity index (χ3n) is 3.81. The molecular formula is C14H24F3NO2. The van der Waals surface area contributed by atoms with Gasteiger partial charge in [-0.1, -0.05) is 0 Å². The van der Waals surface area contributed by atoms with Crippen LogP contribution in [0.1, 0.15) is 46.5 Å². The summed E-state index contributed by atoms with van der Waals surface area (Å²) in [5.41, 5.74) is -0.991. The zero-order chi connectivity index (χ0) is 15.6. The van der Waals surface area contributed by atoms with Gasteiger partial charge in [0.2, 0.25) is 5.91 Å². The highest BCUT2D eigenvalue weighted by molar-refractivity contribution is 5.79. The topological polar surface area (TPSA) is 40.5 Å². The van der Waals surface area contributed by atoms with E-state index in [4.69, 9.17) is 0 Å². The van der Waals surface area contributed by atoms with Gasteiger partial charge in [-0.2, -0.15) is 13.2 Å². The lowest BCUT2D eigenvalue weighted by Crippen LogP contribution is -2.45. The van der Waals surface area contributed by atoms with E-state index in [-0.39, 0.29) is 44.1 Å². The Bertz CT molecular complexity index is 328. The molecule has 0 unspecified atom stereocenters. The summed E-state index contributed by atoms with van der Waals surface area (Å²) in [6.45, 7) is 5.71. The van der Waals surface area contributed by atoms with Crippen molar-refractivity contribution < 1.29 is 23.1 Å². The summed E-state index contributed by atoms with van der Waals surface area (Å²) >= 11 is 0. The predicted molar refractivity (Wildman–Crippen MR) is 70.1 cm³/mol. The minimum absolute atomic E-state index is 0.0278. The molecule has 1 aliphatic rings. The Balaban J connectivity index is 2.57. The number of rotatable bonds is 4. The van der Waals surface area contributed by atoms with E-state index in [1.54, 1.807) is 18.7 Å². The van der Waals surface area contributed by atoms with Crippen LogP contribution in [-0.4, -0.2) is 40.8 Å². The van der Waals surface area contributed by atoms with Gasteiger partial charge in [0.25, 0.3) is 0 Å². The molecule has 0 aromatic carbocycles. The Morgan fingerprint density at radius 2 is 1.70 bits per heavy atom. The van der Waals surface area contributed by atoms with Crippen molar-refractivity contribution >= 4 is 5.91 Å². The van der Waals surface area contributed by atoms with Crippen LogP contribution in [-0.2, 0) is 4.79 Å². The molecule has 1 rings (SSSR count). The van der Waals surface area contributed by atoms with E-state index < -0.39 is 17.7 Å². The number of carbonyl (C=O) groups excluding carboxylic acids is 1. The molecule has 0 aromatic rings. The number of nitrogens with zero attached hydrogens (tertiary/aromatic N) is 1. The Morgan fingerprint density at radius 1 is 1.20 bits per heavy atom. The van der Waals surface area contributed by atoms with Gasteiger partial charge in [0.1, 0.15) is 0 Å². The van der Waals surface area contributed by atoms with E-state index in [1.807, 2.05) is 6.92 Å². The monoisotopic (exact) mass is 295 g/mol. The van der Waals surface area contributed by atoms with Crippen LogP contribution < -0.4 is 0 Å². The fraction of sp³-hybridized carbons (Fsp3) is 0.929. The number of halogens is 3. The molecule has 0 aliphatic heterocycles. The van der Waals surface area contributed by atoms with Crippen LogP contribution >= 0.6 is 0 Å². The second-order valence-electron chi connectivity index (χ2n) is 6.26. The summed E-state index contributed by atoms with van der Waals surface area (Å²) in [7, 11) is 0. The molecule has 1 saturated carbocycles. The van der Waals surface area contributed by atoms with Gasteiger partial charge in [0, 0.05) is 19.0 Å². The number of hydrogen-bond donors (Lipinski definition) is 1. The van der Waals surface area contributed by atoms with Crippen molar-refractivity contribution in [2.24, 2.45) is 11.8 Å². The second kappa shape index (κ2) is 6.33. The van der Waals surface area contributed by atoms with Gasteiger partial charge in [0.05, 0.1) is 11.5 Å². The lowest BCUT2D eigenvalue weighted by atomic mass is 9.81. The van der Waals surface area contributed by atoms with Crippen molar-refractivity contribution in [3.63, 3.8) is 0 Å². The van der Waals surface area contributed by atoms with E-state index in [2.05, 4.69) is 0 Å². The minimum Gasteiger partial charge on any atom is -0.389 e. The van der Waals surface area contributed by atoms with Crippen molar-refractivity contribution in [1.82, 2.24) is 4.90 Å². The summed E-state index contributed by atoms with van der Waals surface area (Å²) in [6, 6.07) is 0. The van der Waals surface area contributed by atoms with Gasteiger partial charge in [-0.05, 0) is 46.5 Å². The molecule has 1 aliphatic carbocycles. The second-order valence-corrected chi connectivity index (χ2v) is 6.26. The van der Waals surface area contributed by atoms with E-state index in [9.17, 15) is 23.1 Å². The largest absolute Gasteiger partial charge is 0.391 e. The number of aliphatic hydroxyl groups is 1.